The predicted molar refractivity (Wildman–Crippen MR) is 89.0 cm³/mol. The summed E-state index contributed by atoms with van der Waals surface area (Å²) >= 11 is 1.39. The lowest BCUT2D eigenvalue weighted by molar-refractivity contribution is -0.160. The average Bonchev–Trinajstić information content (AvgIpc) is 2.59. The van der Waals surface area contributed by atoms with E-state index < -0.39 is 41.3 Å². The first-order valence-corrected chi connectivity index (χ1v) is 8.42. The van der Waals surface area contributed by atoms with Crippen LogP contribution in [0.5, 0.6) is 0 Å². The van der Waals surface area contributed by atoms with Crippen LogP contribution >= 0.6 is 11.8 Å². The summed E-state index contributed by atoms with van der Waals surface area (Å²) in [4.78, 5) is 37.2. The number of rotatable bonds is 4. The fraction of sp³-hybridized carbons (Fsp3) is 0.312. The Labute approximate surface area is 142 Å². The van der Waals surface area contributed by atoms with Crippen LogP contribution in [0.1, 0.15) is 11.6 Å². The van der Waals surface area contributed by atoms with Crippen LogP contribution in [0.2, 0.25) is 0 Å². The standard InChI is InChI=1S/C16H17N3O4S/c1-8-7-24-15-11(14(21)19(15)12(8)16(22)23)18-13(20)10(17)9-5-3-2-4-6-9/h2-6,10-12,15H,1,7,17H2,(H,18,20)(H,22,23)/t10?,11?,12?,15-/m0/s1. The van der Waals surface area contributed by atoms with Gasteiger partial charge in [-0.3, -0.25) is 9.59 Å². The van der Waals surface area contributed by atoms with Crippen molar-refractivity contribution in [3.8, 4) is 0 Å². The van der Waals surface area contributed by atoms with Crippen LogP contribution in [0.25, 0.3) is 0 Å². The zero-order valence-electron chi connectivity index (χ0n) is 12.7. The number of nitrogens with one attached hydrogen (secondary N) is 1. The maximum atomic E-state index is 12.3. The first-order valence-electron chi connectivity index (χ1n) is 7.37. The molecule has 1 aromatic rings. The Hall–Kier alpha value is -2.32. The molecule has 0 aromatic heterocycles. The van der Waals surface area contributed by atoms with Gasteiger partial charge in [-0.05, 0) is 11.1 Å². The molecule has 3 unspecified atom stereocenters. The van der Waals surface area contributed by atoms with Gasteiger partial charge < -0.3 is 21.1 Å². The molecule has 126 valence electrons. The van der Waals surface area contributed by atoms with Crippen LogP contribution in [0.4, 0.5) is 0 Å². The van der Waals surface area contributed by atoms with Crippen LogP contribution in [0, 0.1) is 0 Å². The fourth-order valence-corrected chi connectivity index (χ4v) is 4.19. The number of hydrogen-bond donors (Lipinski definition) is 3. The molecule has 2 aliphatic rings. The molecule has 0 bridgehead atoms. The lowest BCUT2D eigenvalue weighted by Gasteiger charge is -2.52. The van der Waals surface area contributed by atoms with E-state index in [1.165, 1.54) is 16.7 Å². The third-order valence-corrected chi connectivity index (χ3v) is 5.54. The Bertz CT molecular complexity index is 709. The smallest absolute Gasteiger partial charge is 0.330 e. The number of thioether (sulfide) groups is 1. The normalized spacial score (nSPS) is 27.0. The number of aliphatic carboxylic acids is 1. The second kappa shape index (κ2) is 6.29. The van der Waals surface area contributed by atoms with Crippen molar-refractivity contribution in [2.24, 2.45) is 5.73 Å². The molecule has 8 heteroatoms. The third-order valence-electron chi connectivity index (χ3n) is 4.16. The van der Waals surface area contributed by atoms with Crippen LogP contribution in [-0.4, -0.2) is 51.0 Å². The van der Waals surface area contributed by atoms with Crippen molar-refractivity contribution in [1.29, 1.82) is 0 Å². The molecule has 0 aliphatic carbocycles. The summed E-state index contributed by atoms with van der Waals surface area (Å²) in [6.07, 6.45) is 0. The van der Waals surface area contributed by atoms with E-state index in [2.05, 4.69) is 11.9 Å². The van der Waals surface area contributed by atoms with Crippen molar-refractivity contribution in [3.05, 3.63) is 48.0 Å². The number of benzene rings is 1. The minimum Gasteiger partial charge on any atom is -0.479 e. The largest absolute Gasteiger partial charge is 0.479 e. The molecule has 0 saturated carbocycles. The lowest BCUT2D eigenvalue weighted by atomic mass is 9.98. The van der Waals surface area contributed by atoms with Gasteiger partial charge in [0, 0.05) is 5.75 Å². The van der Waals surface area contributed by atoms with E-state index in [0.717, 1.165) is 0 Å². The molecular weight excluding hydrogens is 330 g/mol. The van der Waals surface area contributed by atoms with Crippen molar-refractivity contribution in [2.45, 2.75) is 23.5 Å². The van der Waals surface area contributed by atoms with Crippen molar-refractivity contribution in [3.63, 3.8) is 0 Å². The molecule has 24 heavy (non-hydrogen) atoms. The number of hydrogen-bond acceptors (Lipinski definition) is 5. The lowest BCUT2D eigenvalue weighted by Crippen LogP contribution is -2.74. The topological polar surface area (TPSA) is 113 Å². The van der Waals surface area contributed by atoms with E-state index in [4.69, 9.17) is 5.73 Å². The Balaban J connectivity index is 1.69. The van der Waals surface area contributed by atoms with Gasteiger partial charge in [-0.1, -0.05) is 36.9 Å². The highest BCUT2D eigenvalue weighted by Crippen LogP contribution is 2.40. The van der Waals surface area contributed by atoms with Gasteiger partial charge in [-0.2, -0.15) is 0 Å². The predicted octanol–water partition coefficient (Wildman–Crippen LogP) is 0.0957. The number of carbonyl (C=O) groups excluding carboxylic acids is 2. The second-order valence-corrected chi connectivity index (χ2v) is 6.83. The van der Waals surface area contributed by atoms with Crippen molar-refractivity contribution < 1.29 is 19.5 Å². The Morgan fingerprint density at radius 1 is 1.38 bits per heavy atom. The summed E-state index contributed by atoms with van der Waals surface area (Å²) < 4.78 is 0. The Morgan fingerprint density at radius 2 is 2.04 bits per heavy atom. The number of β-lactam (4-membered cyclic amide) rings is 1. The molecule has 2 saturated heterocycles. The average molecular weight is 347 g/mol. The van der Waals surface area contributed by atoms with Crippen LogP contribution in [0.15, 0.2) is 42.5 Å². The van der Waals surface area contributed by atoms with Gasteiger partial charge in [0.2, 0.25) is 11.8 Å². The van der Waals surface area contributed by atoms with Crippen LogP contribution < -0.4 is 11.1 Å². The second-order valence-electron chi connectivity index (χ2n) is 5.72. The molecule has 2 fully saturated rings. The number of fused-ring (bicyclic) bond motifs is 1. The molecule has 2 heterocycles. The van der Waals surface area contributed by atoms with Gasteiger partial charge in [0.05, 0.1) is 0 Å². The number of carboxylic acids is 1. The van der Waals surface area contributed by atoms with E-state index in [0.29, 0.717) is 16.9 Å². The number of amides is 2. The fourth-order valence-electron chi connectivity index (χ4n) is 2.89. The monoisotopic (exact) mass is 347 g/mol. The van der Waals surface area contributed by atoms with Crippen molar-refractivity contribution in [2.75, 3.05) is 5.75 Å². The highest BCUT2D eigenvalue weighted by atomic mass is 32.2. The maximum absolute atomic E-state index is 12.3. The zero-order chi connectivity index (χ0) is 17.4. The Morgan fingerprint density at radius 3 is 2.67 bits per heavy atom. The van der Waals surface area contributed by atoms with Gasteiger partial charge >= 0.3 is 5.97 Å². The SMILES string of the molecule is C=C1CS[C@H]2C(NC(=O)C(N)c3ccccc3)C(=O)N2C1C(=O)O. The third kappa shape index (κ3) is 2.67. The first-order chi connectivity index (χ1) is 11.4. The molecule has 4 N–H and O–H groups in total. The van der Waals surface area contributed by atoms with Gasteiger partial charge in [0.25, 0.3) is 0 Å². The van der Waals surface area contributed by atoms with E-state index in [1.54, 1.807) is 24.3 Å². The van der Waals surface area contributed by atoms with E-state index >= 15 is 0 Å². The Kier molecular flexibility index (Phi) is 4.33. The van der Waals surface area contributed by atoms with Gasteiger partial charge in [-0.15, -0.1) is 11.8 Å². The minimum absolute atomic E-state index is 0.406. The highest BCUT2D eigenvalue weighted by Gasteiger charge is 2.56. The van der Waals surface area contributed by atoms with Crippen molar-refractivity contribution >= 4 is 29.5 Å². The summed E-state index contributed by atoms with van der Waals surface area (Å²) in [5.41, 5.74) is 7.04. The van der Waals surface area contributed by atoms with Crippen LogP contribution in [-0.2, 0) is 14.4 Å². The van der Waals surface area contributed by atoms with Gasteiger partial charge in [0.1, 0.15) is 17.5 Å². The molecule has 2 aliphatic heterocycles. The quantitative estimate of drug-likeness (QED) is 0.526. The first kappa shape index (κ1) is 16.5. The van der Waals surface area contributed by atoms with E-state index in [-0.39, 0.29) is 0 Å². The molecule has 7 nitrogen and oxygen atoms in total. The van der Waals surface area contributed by atoms with E-state index in [9.17, 15) is 19.5 Å². The summed E-state index contributed by atoms with van der Waals surface area (Å²) in [6.45, 7) is 3.72. The van der Waals surface area contributed by atoms with E-state index in [1.807, 2.05) is 6.07 Å². The summed E-state index contributed by atoms with van der Waals surface area (Å²) in [7, 11) is 0. The number of nitrogens with zero attached hydrogens (tertiary/aromatic N) is 1. The maximum Gasteiger partial charge on any atom is 0.330 e. The number of carbonyl (C=O) groups is 3. The molecule has 3 rings (SSSR count). The summed E-state index contributed by atoms with van der Waals surface area (Å²) in [5.74, 6) is -1.56. The van der Waals surface area contributed by atoms with Crippen molar-refractivity contribution in [1.82, 2.24) is 10.2 Å². The molecule has 4 atom stereocenters. The van der Waals surface area contributed by atoms with Crippen LogP contribution in [0.3, 0.4) is 0 Å². The van der Waals surface area contributed by atoms with Gasteiger partial charge in [0.15, 0.2) is 6.04 Å². The molecule has 2 amide bonds. The molecule has 0 spiro atoms. The minimum atomic E-state index is -1.11. The zero-order valence-corrected chi connectivity index (χ0v) is 13.5. The molecule has 0 radical (unpaired) electrons. The number of carboxylic acid groups (broad SMARTS) is 1. The highest BCUT2D eigenvalue weighted by molar-refractivity contribution is 8.00. The summed E-state index contributed by atoms with van der Waals surface area (Å²) in [6, 6.07) is 6.17. The number of nitrogens with two attached hydrogens (primary N) is 1. The molecular formula is C16H17N3O4S. The van der Waals surface area contributed by atoms with Gasteiger partial charge in [-0.25, -0.2) is 4.79 Å². The molecule has 1 aromatic carbocycles. The summed E-state index contributed by atoms with van der Waals surface area (Å²) in [5, 5.41) is 11.5.